The van der Waals surface area contributed by atoms with Crippen LogP contribution in [0.3, 0.4) is 0 Å². The summed E-state index contributed by atoms with van der Waals surface area (Å²) in [7, 11) is -2.04. The van der Waals surface area contributed by atoms with Gasteiger partial charge in [-0.05, 0) is 43.9 Å². The van der Waals surface area contributed by atoms with Gasteiger partial charge in [-0.15, -0.1) is 0 Å². The van der Waals surface area contributed by atoms with Gasteiger partial charge in [-0.2, -0.15) is 4.31 Å². The number of nitrogens with zero attached hydrogens (tertiary/aromatic N) is 1. The molecule has 0 aromatic heterocycles. The van der Waals surface area contributed by atoms with E-state index in [-0.39, 0.29) is 16.0 Å². The Morgan fingerprint density at radius 1 is 1.29 bits per heavy atom. The molecule has 4 nitrogen and oxygen atoms in total. The van der Waals surface area contributed by atoms with Crippen LogP contribution >= 0.6 is 11.6 Å². The van der Waals surface area contributed by atoms with Crippen molar-refractivity contribution in [3.05, 3.63) is 29.0 Å². The largest absolute Gasteiger partial charge is 0.311 e. The first-order chi connectivity index (χ1) is 9.88. The average molecular weight is 333 g/mol. The monoisotopic (exact) mass is 332 g/mol. The van der Waals surface area contributed by atoms with Crippen molar-refractivity contribution in [3.8, 4) is 0 Å². The summed E-state index contributed by atoms with van der Waals surface area (Å²) in [6.45, 7) is 0. The molecule has 2 saturated heterocycles. The van der Waals surface area contributed by atoms with E-state index in [2.05, 4.69) is 5.32 Å². The van der Waals surface area contributed by atoms with Crippen molar-refractivity contribution in [2.75, 3.05) is 7.05 Å². The number of piperidine rings is 1. The molecule has 2 atom stereocenters. The summed E-state index contributed by atoms with van der Waals surface area (Å²) in [6.07, 6.45) is 3.86. The van der Waals surface area contributed by atoms with Crippen molar-refractivity contribution in [2.24, 2.45) is 0 Å². The molecule has 2 fully saturated rings. The first kappa shape index (κ1) is 15.2. The highest BCUT2D eigenvalue weighted by atomic mass is 35.5. The van der Waals surface area contributed by atoms with Crippen molar-refractivity contribution in [1.29, 1.82) is 0 Å². The molecule has 7 heteroatoms. The van der Waals surface area contributed by atoms with Gasteiger partial charge in [0, 0.05) is 25.2 Å². The number of hydrogen-bond acceptors (Lipinski definition) is 3. The van der Waals surface area contributed by atoms with Gasteiger partial charge in [-0.3, -0.25) is 0 Å². The normalized spacial score (nSPS) is 29.0. The van der Waals surface area contributed by atoms with Crippen LogP contribution in [0.5, 0.6) is 0 Å². The molecule has 2 heterocycles. The van der Waals surface area contributed by atoms with Gasteiger partial charge in [0.05, 0.1) is 9.92 Å². The van der Waals surface area contributed by atoms with Crippen LogP contribution in [0, 0.1) is 5.82 Å². The lowest BCUT2D eigenvalue weighted by molar-refractivity contribution is 0.251. The minimum absolute atomic E-state index is 0.0161. The molecule has 0 spiro atoms. The second kappa shape index (κ2) is 5.50. The summed E-state index contributed by atoms with van der Waals surface area (Å²) in [4.78, 5) is 0.0438. The number of rotatable bonds is 3. The van der Waals surface area contributed by atoms with Gasteiger partial charge in [0.1, 0.15) is 5.82 Å². The highest BCUT2D eigenvalue weighted by Crippen LogP contribution is 2.32. The van der Waals surface area contributed by atoms with Gasteiger partial charge in [0.15, 0.2) is 0 Å². The number of halogens is 2. The van der Waals surface area contributed by atoms with E-state index in [4.69, 9.17) is 11.6 Å². The molecule has 0 amide bonds. The van der Waals surface area contributed by atoms with Gasteiger partial charge in [0.2, 0.25) is 10.0 Å². The third-order valence-corrected chi connectivity index (χ3v) is 6.73. The predicted molar refractivity (Wildman–Crippen MR) is 79.3 cm³/mol. The van der Waals surface area contributed by atoms with Crippen LogP contribution < -0.4 is 5.32 Å². The number of nitrogens with one attached hydrogen (secondary N) is 1. The molecular formula is C14H18ClFN2O2S. The van der Waals surface area contributed by atoms with E-state index in [1.165, 1.54) is 16.4 Å². The third-order valence-electron chi connectivity index (χ3n) is 4.53. The zero-order chi connectivity index (χ0) is 15.2. The second-order valence-electron chi connectivity index (χ2n) is 5.86. The number of fused-ring (bicyclic) bond motifs is 2. The Bertz CT molecular complexity index is 640. The Morgan fingerprint density at radius 2 is 1.90 bits per heavy atom. The van der Waals surface area contributed by atoms with Crippen LogP contribution in [0.2, 0.25) is 5.02 Å². The van der Waals surface area contributed by atoms with Gasteiger partial charge >= 0.3 is 0 Å². The Balaban J connectivity index is 1.85. The fraction of sp³-hybridized carbons (Fsp3) is 0.571. The zero-order valence-electron chi connectivity index (χ0n) is 11.7. The molecule has 2 unspecified atom stereocenters. The fourth-order valence-electron chi connectivity index (χ4n) is 3.32. The van der Waals surface area contributed by atoms with E-state index in [1.54, 1.807) is 7.05 Å². The summed E-state index contributed by atoms with van der Waals surface area (Å²) in [5.74, 6) is -0.613. The predicted octanol–water partition coefficient (Wildman–Crippen LogP) is 2.38. The van der Waals surface area contributed by atoms with Crippen LogP contribution in [0.1, 0.15) is 25.7 Å². The van der Waals surface area contributed by atoms with Crippen molar-refractivity contribution >= 4 is 21.6 Å². The number of hydrogen-bond donors (Lipinski definition) is 1. The second-order valence-corrected chi connectivity index (χ2v) is 8.26. The topological polar surface area (TPSA) is 49.4 Å². The number of sulfonamides is 1. The summed E-state index contributed by atoms with van der Waals surface area (Å²) >= 11 is 5.70. The van der Waals surface area contributed by atoms with Gasteiger partial charge in [0.25, 0.3) is 0 Å². The Hall–Kier alpha value is -0.690. The molecule has 2 aliphatic heterocycles. The summed E-state index contributed by atoms with van der Waals surface area (Å²) in [6, 6.07) is 4.33. The van der Waals surface area contributed by atoms with Crippen molar-refractivity contribution in [1.82, 2.24) is 9.62 Å². The van der Waals surface area contributed by atoms with Crippen LogP contribution in [0.4, 0.5) is 4.39 Å². The van der Waals surface area contributed by atoms with Crippen molar-refractivity contribution < 1.29 is 12.8 Å². The lowest BCUT2D eigenvalue weighted by Crippen LogP contribution is -2.48. The molecule has 0 aliphatic carbocycles. The molecule has 1 N–H and O–H groups in total. The van der Waals surface area contributed by atoms with E-state index in [1.807, 2.05) is 0 Å². The lowest BCUT2D eigenvalue weighted by atomic mass is 10.0. The van der Waals surface area contributed by atoms with E-state index in [0.717, 1.165) is 31.7 Å². The Morgan fingerprint density at radius 3 is 2.48 bits per heavy atom. The third kappa shape index (κ3) is 2.82. The summed E-state index contributed by atoms with van der Waals surface area (Å²) in [5, 5.41) is 3.32. The highest BCUT2D eigenvalue weighted by molar-refractivity contribution is 7.89. The van der Waals surface area contributed by atoms with Crippen LogP contribution in [0.25, 0.3) is 0 Å². The minimum Gasteiger partial charge on any atom is -0.311 e. The van der Waals surface area contributed by atoms with Gasteiger partial charge in [-0.25, -0.2) is 12.8 Å². The molecule has 1 aromatic carbocycles. The lowest BCUT2D eigenvalue weighted by Gasteiger charge is -2.34. The summed E-state index contributed by atoms with van der Waals surface area (Å²) in [5.41, 5.74) is 0. The molecule has 2 bridgehead atoms. The molecule has 116 valence electrons. The average Bonchev–Trinajstić information content (AvgIpc) is 2.79. The molecule has 1 aromatic rings. The highest BCUT2D eigenvalue weighted by Gasteiger charge is 2.38. The Labute approximate surface area is 129 Å². The molecule has 3 rings (SSSR count). The molecule has 0 saturated carbocycles. The molecule has 2 aliphatic rings. The number of benzene rings is 1. The van der Waals surface area contributed by atoms with Crippen molar-refractivity contribution in [3.63, 3.8) is 0 Å². The first-order valence-electron chi connectivity index (χ1n) is 7.07. The maximum Gasteiger partial charge on any atom is 0.243 e. The van der Waals surface area contributed by atoms with E-state index >= 15 is 0 Å². The maximum absolute atomic E-state index is 13.2. The molecular weight excluding hydrogens is 315 g/mol. The van der Waals surface area contributed by atoms with E-state index < -0.39 is 15.8 Å². The van der Waals surface area contributed by atoms with Crippen LogP contribution in [0.15, 0.2) is 23.1 Å². The smallest absolute Gasteiger partial charge is 0.243 e. The maximum atomic E-state index is 13.2. The summed E-state index contributed by atoms with van der Waals surface area (Å²) < 4.78 is 39.9. The van der Waals surface area contributed by atoms with Crippen LogP contribution in [-0.2, 0) is 10.0 Å². The fourth-order valence-corrected chi connectivity index (χ4v) is 4.97. The molecule has 0 radical (unpaired) electrons. The molecule has 21 heavy (non-hydrogen) atoms. The first-order valence-corrected chi connectivity index (χ1v) is 8.89. The van der Waals surface area contributed by atoms with E-state index in [9.17, 15) is 12.8 Å². The van der Waals surface area contributed by atoms with Crippen LogP contribution in [-0.4, -0.2) is 37.9 Å². The van der Waals surface area contributed by atoms with Gasteiger partial charge in [-0.1, -0.05) is 11.6 Å². The van der Waals surface area contributed by atoms with Gasteiger partial charge < -0.3 is 5.32 Å². The SMILES string of the molecule is CN(C1CC2CCC(C1)N2)S(=O)(=O)c1ccc(F)c(Cl)c1. The van der Waals surface area contributed by atoms with E-state index in [0.29, 0.717) is 12.1 Å². The Kier molecular flexibility index (Phi) is 3.98. The zero-order valence-corrected chi connectivity index (χ0v) is 13.3. The standard InChI is InChI=1S/C14H18ClFN2O2S/c1-18(11-6-9-2-3-10(7-11)17-9)21(19,20)12-4-5-14(16)13(15)8-12/h4-5,8-11,17H,2-3,6-7H2,1H3. The minimum atomic E-state index is -3.64. The quantitative estimate of drug-likeness (QED) is 0.924. The van der Waals surface area contributed by atoms with Crippen molar-refractivity contribution in [2.45, 2.75) is 48.7 Å².